The summed E-state index contributed by atoms with van der Waals surface area (Å²) in [6.07, 6.45) is 3.92. The molecule has 7 heteroatoms. The van der Waals surface area contributed by atoms with Crippen LogP contribution in [0.5, 0.6) is 5.75 Å². The maximum Gasteiger partial charge on any atom is 0.240 e. The number of carbonyl (C=O) groups is 1. The second-order valence-corrected chi connectivity index (χ2v) is 7.51. The molecular weight excluding hydrogens is 336 g/mol. The minimum atomic E-state index is -0.0324. The van der Waals surface area contributed by atoms with Crippen molar-refractivity contribution in [2.75, 3.05) is 25.0 Å². The minimum absolute atomic E-state index is 0.0324. The number of benzene rings is 1. The van der Waals surface area contributed by atoms with Crippen molar-refractivity contribution in [1.82, 2.24) is 15.1 Å². The van der Waals surface area contributed by atoms with Gasteiger partial charge in [0.2, 0.25) is 11.0 Å². The van der Waals surface area contributed by atoms with Gasteiger partial charge in [-0.2, -0.15) is 0 Å². The molecule has 2 aromatic rings. The van der Waals surface area contributed by atoms with Crippen molar-refractivity contribution in [3.05, 3.63) is 34.8 Å². The molecule has 1 saturated heterocycles. The van der Waals surface area contributed by atoms with E-state index in [2.05, 4.69) is 33.4 Å². The van der Waals surface area contributed by atoms with Gasteiger partial charge in [-0.25, -0.2) is 0 Å². The number of nitrogens with zero attached hydrogens (tertiary/aromatic N) is 3. The van der Waals surface area contributed by atoms with Crippen LogP contribution in [-0.4, -0.2) is 45.7 Å². The maximum atomic E-state index is 12.2. The summed E-state index contributed by atoms with van der Waals surface area (Å²) in [5, 5.41) is 22.1. The molecule has 2 heterocycles. The molecule has 1 aliphatic heterocycles. The van der Waals surface area contributed by atoms with E-state index in [0.717, 1.165) is 43.8 Å². The van der Waals surface area contributed by atoms with Crippen molar-refractivity contribution < 1.29 is 9.90 Å². The zero-order chi connectivity index (χ0) is 17.6. The molecule has 0 spiro atoms. The number of amides is 1. The fraction of sp³-hybridized carbons (Fsp3) is 0.500. The molecule has 0 aliphatic carbocycles. The summed E-state index contributed by atoms with van der Waals surface area (Å²) < 4.78 is 0. The van der Waals surface area contributed by atoms with Crippen LogP contribution in [-0.2, 0) is 11.2 Å². The highest BCUT2D eigenvalue weighted by Crippen LogP contribution is 2.29. The lowest BCUT2D eigenvalue weighted by Gasteiger charge is -2.31. The van der Waals surface area contributed by atoms with Gasteiger partial charge in [0.05, 0.1) is 6.54 Å². The van der Waals surface area contributed by atoms with Gasteiger partial charge < -0.3 is 5.11 Å². The summed E-state index contributed by atoms with van der Waals surface area (Å²) in [6, 6.07) is 7.49. The zero-order valence-electron chi connectivity index (χ0n) is 14.4. The van der Waals surface area contributed by atoms with Crippen LogP contribution in [0.4, 0.5) is 5.13 Å². The lowest BCUT2D eigenvalue weighted by atomic mass is 9.89. The number of rotatable bonds is 6. The molecule has 0 saturated carbocycles. The number of piperidine rings is 1. The Balaban J connectivity index is 1.45. The topological polar surface area (TPSA) is 78.4 Å². The van der Waals surface area contributed by atoms with Crippen LogP contribution in [0, 0.1) is 0 Å². The summed E-state index contributed by atoms with van der Waals surface area (Å²) in [7, 11) is 0. The van der Waals surface area contributed by atoms with E-state index < -0.39 is 0 Å². The summed E-state index contributed by atoms with van der Waals surface area (Å²) in [5.74, 6) is 0.736. The fourth-order valence-electron chi connectivity index (χ4n) is 3.18. The minimum Gasteiger partial charge on any atom is -0.508 e. The maximum absolute atomic E-state index is 12.2. The Morgan fingerprint density at radius 3 is 2.88 bits per heavy atom. The second kappa shape index (κ2) is 8.40. The predicted octanol–water partition coefficient (Wildman–Crippen LogP) is 3.01. The first kappa shape index (κ1) is 17.8. The van der Waals surface area contributed by atoms with Gasteiger partial charge >= 0.3 is 0 Å². The van der Waals surface area contributed by atoms with E-state index in [9.17, 15) is 9.90 Å². The molecule has 1 aliphatic rings. The van der Waals surface area contributed by atoms with Crippen LogP contribution in [0.15, 0.2) is 24.3 Å². The number of carbonyl (C=O) groups excluding carboxylic acids is 1. The number of hydrogen-bond donors (Lipinski definition) is 2. The molecule has 0 unspecified atom stereocenters. The Morgan fingerprint density at radius 2 is 2.16 bits per heavy atom. The van der Waals surface area contributed by atoms with Crippen LogP contribution in [0.2, 0.25) is 0 Å². The molecule has 25 heavy (non-hydrogen) atoms. The third-order valence-corrected chi connectivity index (χ3v) is 5.37. The largest absolute Gasteiger partial charge is 0.508 e. The van der Waals surface area contributed by atoms with E-state index in [0.29, 0.717) is 23.3 Å². The Labute approximate surface area is 151 Å². The highest BCUT2D eigenvalue weighted by atomic mass is 32.1. The van der Waals surface area contributed by atoms with Gasteiger partial charge in [0.1, 0.15) is 10.8 Å². The molecule has 1 aromatic carbocycles. The smallest absolute Gasteiger partial charge is 0.240 e. The van der Waals surface area contributed by atoms with Crippen molar-refractivity contribution in [3.8, 4) is 5.75 Å². The van der Waals surface area contributed by atoms with Crippen LogP contribution in [0.1, 0.15) is 42.7 Å². The van der Waals surface area contributed by atoms with E-state index in [4.69, 9.17) is 0 Å². The van der Waals surface area contributed by atoms with Crippen molar-refractivity contribution in [3.63, 3.8) is 0 Å². The molecule has 6 nitrogen and oxygen atoms in total. The molecule has 2 N–H and O–H groups in total. The number of likely N-dealkylation sites (tertiary alicyclic amines) is 1. The molecule has 1 aromatic heterocycles. The average Bonchev–Trinajstić information content (AvgIpc) is 3.03. The van der Waals surface area contributed by atoms with Gasteiger partial charge in [-0.1, -0.05) is 30.4 Å². The second-order valence-electron chi connectivity index (χ2n) is 6.44. The van der Waals surface area contributed by atoms with E-state index in [-0.39, 0.29) is 5.91 Å². The predicted molar refractivity (Wildman–Crippen MR) is 99.1 cm³/mol. The van der Waals surface area contributed by atoms with Gasteiger partial charge in [0.15, 0.2) is 0 Å². The van der Waals surface area contributed by atoms with Crippen LogP contribution < -0.4 is 5.32 Å². The monoisotopic (exact) mass is 360 g/mol. The first-order valence-electron chi connectivity index (χ1n) is 8.77. The van der Waals surface area contributed by atoms with E-state index in [1.807, 2.05) is 12.1 Å². The quantitative estimate of drug-likeness (QED) is 0.828. The van der Waals surface area contributed by atoms with Crippen LogP contribution in [0.25, 0.3) is 0 Å². The molecule has 3 rings (SSSR count). The highest BCUT2D eigenvalue weighted by molar-refractivity contribution is 7.15. The number of phenols is 1. The number of nitrogens with one attached hydrogen (secondary N) is 1. The molecule has 1 amide bonds. The molecule has 134 valence electrons. The Bertz CT molecular complexity index is 711. The summed E-state index contributed by atoms with van der Waals surface area (Å²) >= 11 is 1.45. The number of phenolic OH excluding ortho intramolecular Hbond substituents is 1. The Hall–Kier alpha value is -1.99. The third-order valence-electron chi connectivity index (χ3n) is 4.47. The number of aromatic nitrogens is 2. The zero-order valence-corrected chi connectivity index (χ0v) is 15.3. The first-order valence-corrected chi connectivity index (χ1v) is 9.59. The van der Waals surface area contributed by atoms with Gasteiger partial charge in [0.25, 0.3) is 0 Å². The summed E-state index contributed by atoms with van der Waals surface area (Å²) in [5.41, 5.74) is 1.18. The summed E-state index contributed by atoms with van der Waals surface area (Å²) in [4.78, 5) is 14.4. The van der Waals surface area contributed by atoms with Crippen molar-refractivity contribution in [1.29, 1.82) is 0 Å². The molecule has 1 fully saturated rings. The molecular formula is C18H24N4O2S. The van der Waals surface area contributed by atoms with Crippen molar-refractivity contribution in [2.24, 2.45) is 0 Å². The Morgan fingerprint density at radius 1 is 1.36 bits per heavy atom. The van der Waals surface area contributed by atoms with Crippen molar-refractivity contribution in [2.45, 2.75) is 38.5 Å². The van der Waals surface area contributed by atoms with E-state index >= 15 is 0 Å². The normalized spacial score (nSPS) is 16.0. The Kier molecular flexibility index (Phi) is 5.99. The number of anilines is 1. The van der Waals surface area contributed by atoms with E-state index in [1.54, 1.807) is 6.07 Å². The lowest BCUT2D eigenvalue weighted by molar-refractivity contribution is -0.117. The van der Waals surface area contributed by atoms with Gasteiger partial charge in [0, 0.05) is 6.42 Å². The van der Waals surface area contributed by atoms with Crippen LogP contribution >= 0.6 is 11.3 Å². The van der Waals surface area contributed by atoms with Gasteiger partial charge in [-0.3, -0.25) is 15.0 Å². The molecule has 0 bridgehead atoms. The van der Waals surface area contributed by atoms with Gasteiger partial charge in [-0.05, 0) is 56.0 Å². The standard InChI is InChI=1S/C18H24N4O2S/c1-2-4-17-20-21-18(25-17)19-16(24)12-22-9-7-13(8-10-22)14-5-3-6-15(23)11-14/h3,5-6,11,13,23H,2,4,7-10,12H2,1H3,(H,19,21,24). The van der Waals surface area contributed by atoms with E-state index in [1.165, 1.54) is 16.9 Å². The van der Waals surface area contributed by atoms with Crippen LogP contribution in [0.3, 0.4) is 0 Å². The summed E-state index contributed by atoms with van der Waals surface area (Å²) in [6.45, 7) is 4.24. The SMILES string of the molecule is CCCc1nnc(NC(=O)CN2CCC(c3cccc(O)c3)CC2)s1. The van der Waals surface area contributed by atoms with Crippen molar-refractivity contribution >= 4 is 22.4 Å². The molecule has 0 radical (unpaired) electrons. The fourth-order valence-corrected chi connectivity index (χ4v) is 4.04. The number of hydrogen-bond acceptors (Lipinski definition) is 6. The van der Waals surface area contributed by atoms with Gasteiger partial charge in [-0.15, -0.1) is 10.2 Å². The third kappa shape index (κ3) is 4.99. The molecule has 0 atom stereocenters. The number of aryl methyl sites for hydroxylation is 1. The lowest BCUT2D eigenvalue weighted by Crippen LogP contribution is -2.38. The first-order chi connectivity index (χ1) is 12.1. The average molecular weight is 360 g/mol. The highest BCUT2D eigenvalue weighted by Gasteiger charge is 2.22. The number of aromatic hydroxyl groups is 1.